The van der Waals surface area contributed by atoms with Crippen molar-refractivity contribution in [3.63, 3.8) is 0 Å². The van der Waals surface area contributed by atoms with Crippen LogP contribution in [0.25, 0.3) is 0 Å². The molecule has 0 bridgehead atoms. The van der Waals surface area contributed by atoms with Crippen molar-refractivity contribution in [1.82, 2.24) is 5.32 Å². The van der Waals surface area contributed by atoms with Crippen molar-refractivity contribution in [2.75, 3.05) is 4.90 Å². The Labute approximate surface area is 120 Å². The molecular weight excluding hydrogens is 252 g/mol. The highest BCUT2D eigenvalue weighted by atomic mass is 16.2. The summed E-state index contributed by atoms with van der Waals surface area (Å²) in [7, 11) is 0. The zero-order valence-corrected chi connectivity index (χ0v) is 12.8. The third-order valence-electron chi connectivity index (χ3n) is 4.40. The maximum atomic E-state index is 12.8. The fraction of sp³-hybridized carbons (Fsp3) is 0.500. The summed E-state index contributed by atoms with van der Waals surface area (Å²) in [5, 5.41) is 2.85. The van der Waals surface area contributed by atoms with Gasteiger partial charge in [0.2, 0.25) is 5.91 Å². The molecule has 1 N–H and O–H groups in total. The summed E-state index contributed by atoms with van der Waals surface area (Å²) >= 11 is 0. The molecule has 1 aromatic rings. The van der Waals surface area contributed by atoms with Crippen molar-refractivity contribution < 1.29 is 9.59 Å². The summed E-state index contributed by atoms with van der Waals surface area (Å²) in [6.07, 6.45) is 0.575. The van der Waals surface area contributed by atoms with Gasteiger partial charge in [0.1, 0.15) is 11.6 Å². The average molecular weight is 274 g/mol. The number of aryl methyl sites for hydroxylation is 1. The van der Waals surface area contributed by atoms with Crippen LogP contribution in [0.5, 0.6) is 0 Å². The number of carbonyl (C=O) groups is 2. The van der Waals surface area contributed by atoms with Crippen LogP contribution in [0.2, 0.25) is 0 Å². The van der Waals surface area contributed by atoms with E-state index in [4.69, 9.17) is 0 Å². The monoisotopic (exact) mass is 274 g/mol. The van der Waals surface area contributed by atoms with Crippen molar-refractivity contribution in [2.45, 2.75) is 52.6 Å². The summed E-state index contributed by atoms with van der Waals surface area (Å²) in [4.78, 5) is 26.6. The molecule has 1 aliphatic rings. The zero-order chi connectivity index (χ0) is 15.1. The molecule has 2 unspecified atom stereocenters. The molecule has 0 aromatic heterocycles. The van der Waals surface area contributed by atoms with E-state index in [0.717, 1.165) is 16.8 Å². The first-order valence-electron chi connectivity index (χ1n) is 7.03. The number of carbonyl (C=O) groups excluding carboxylic acids is 2. The van der Waals surface area contributed by atoms with Gasteiger partial charge < -0.3 is 5.32 Å². The predicted molar refractivity (Wildman–Crippen MR) is 79.7 cm³/mol. The van der Waals surface area contributed by atoms with E-state index in [1.807, 2.05) is 39.0 Å². The number of piperazine rings is 1. The van der Waals surface area contributed by atoms with Crippen molar-refractivity contribution >= 4 is 17.5 Å². The second-order valence-corrected chi connectivity index (χ2v) is 5.75. The molecule has 4 nitrogen and oxygen atoms in total. The van der Waals surface area contributed by atoms with Gasteiger partial charge in [-0.2, -0.15) is 0 Å². The van der Waals surface area contributed by atoms with Crippen LogP contribution >= 0.6 is 0 Å². The van der Waals surface area contributed by atoms with Gasteiger partial charge in [-0.25, -0.2) is 0 Å². The minimum atomic E-state index is -0.820. The Hall–Kier alpha value is -1.84. The lowest BCUT2D eigenvalue weighted by atomic mass is 9.91. The lowest BCUT2D eigenvalue weighted by molar-refractivity contribution is -0.137. The summed E-state index contributed by atoms with van der Waals surface area (Å²) in [6.45, 7) is 9.47. The maximum Gasteiger partial charge on any atom is 0.253 e. The number of rotatable bonds is 2. The Balaban J connectivity index is 2.55. The number of amides is 2. The Morgan fingerprint density at radius 2 is 1.95 bits per heavy atom. The molecule has 20 heavy (non-hydrogen) atoms. The minimum Gasteiger partial charge on any atom is -0.340 e. The van der Waals surface area contributed by atoms with Crippen molar-refractivity contribution in [3.05, 3.63) is 29.3 Å². The van der Waals surface area contributed by atoms with Gasteiger partial charge in [-0.05, 0) is 51.3 Å². The zero-order valence-electron chi connectivity index (χ0n) is 12.8. The number of nitrogens with zero attached hydrogens (tertiary/aromatic N) is 1. The van der Waals surface area contributed by atoms with Crippen LogP contribution in [0.4, 0.5) is 5.69 Å². The van der Waals surface area contributed by atoms with E-state index in [-0.39, 0.29) is 11.8 Å². The lowest BCUT2D eigenvalue weighted by Crippen LogP contribution is -2.68. The first-order valence-corrected chi connectivity index (χ1v) is 7.03. The molecule has 108 valence electrons. The molecule has 1 heterocycles. The number of hydrogen-bond acceptors (Lipinski definition) is 2. The highest BCUT2D eigenvalue weighted by molar-refractivity contribution is 6.10. The quantitative estimate of drug-likeness (QED) is 0.899. The Bertz CT molecular complexity index is 568. The largest absolute Gasteiger partial charge is 0.340 e. The molecular formula is C16H22N2O2. The summed E-state index contributed by atoms with van der Waals surface area (Å²) in [6, 6.07) is 5.36. The lowest BCUT2D eigenvalue weighted by Gasteiger charge is -2.43. The first-order chi connectivity index (χ1) is 9.31. The van der Waals surface area contributed by atoms with E-state index in [1.165, 1.54) is 0 Å². The highest BCUT2D eigenvalue weighted by Gasteiger charge is 2.46. The molecule has 0 spiro atoms. The van der Waals surface area contributed by atoms with E-state index in [1.54, 1.807) is 18.7 Å². The van der Waals surface area contributed by atoms with Crippen molar-refractivity contribution in [1.29, 1.82) is 0 Å². The van der Waals surface area contributed by atoms with Gasteiger partial charge in [-0.1, -0.05) is 19.1 Å². The summed E-state index contributed by atoms with van der Waals surface area (Å²) in [5.74, 6) is -0.143. The number of nitrogens with one attached hydrogen (secondary N) is 1. The average Bonchev–Trinajstić information content (AvgIpc) is 2.41. The van der Waals surface area contributed by atoms with Crippen LogP contribution in [0.15, 0.2) is 18.2 Å². The predicted octanol–water partition coefficient (Wildman–Crippen LogP) is 2.32. The molecule has 1 saturated heterocycles. The van der Waals surface area contributed by atoms with Crippen LogP contribution in [-0.2, 0) is 9.59 Å². The van der Waals surface area contributed by atoms with Crippen molar-refractivity contribution in [3.8, 4) is 0 Å². The molecule has 0 aliphatic carbocycles. The van der Waals surface area contributed by atoms with Crippen LogP contribution in [0.1, 0.15) is 38.3 Å². The molecule has 1 fully saturated rings. The molecule has 1 aliphatic heterocycles. The van der Waals surface area contributed by atoms with Gasteiger partial charge >= 0.3 is 0 Å². The number of anilines is 1. The van der Waals surface area contributed by atoms with Gasteiger partial charge in [0.15, 0.2) is 0 Å². The molecule has 2 rings (SSSR count). The fourth-order valence-electron chi connectivity index (χ4n) is 2.54. The highest BCUT2D eigenvalue weighted by Crippen LogP contribution is 2.30. The van der Waals surface area contributed by atoms with E-state index in [0.29, 0.717) is 6.42 Å². The Kier molecular flexibility index (Phi) is 3.59. The van der Waals surface area contributed by atoms with E-state index < -0.39 is 11.6 Å². The SMILES string of the molecule is CCC1(C)NC(=O)C(C)N(c2cccc(C)c2C)C1=O. The van der Waals surface area contributed by atoms with Crippen LogP contribution in [0.3, 0.4) is 0 Å². The fourth-order valence-corrected chi connectivity index (χ4v) is 2.54. The second-order valence-electron chi connectivity index (χ2n) is 5.75. The normalized spacial score (nSPS) is 26.6. The smallest absolute Gasteiger partial charge is 0.253 e. The van der Waals surface area contributed by atoms with Gasteiger partial charge in [-0.3, -0.25) is 14.5 Å². The maximum absolute atomic E-state index is 12.8. The van der Waals surface area contributed by atoms with Crippen LogP contribution in [0, 0.1) is 13.8 Å². The van der Waals surface area contributed by atoms with Gasteiger partial charge in [0.25, 0.3) is 5.91 Å². The van der Waals surface area contributed by atoms with Crippen molar-refractivity contribution in [2.24, 2.45) is 0 Å². The topological polar surface area (TPSA) is 49.4 Å². The third kappa shape index (κ3) is 2.09. The standard InChI is InChI=1S/C16H22N2O2/c1-6-16(5)15(20)18(12(4)14(19)17-16)13-9-7-8-10(2)11(13)3/h7-9,12H,6H2,1-5H3,(H,17,19). The molecule has 4 heteroatoms. The Morgan fingerprint density at radius 1 is 1.30 bits per heavy atom. The van der Waals surface area contributed by atoms with E-state index in [2.05, 4.69) is 5.32 Å². The van der Waals surface area contributed by atoms with Crippen LogP contribution < -0.4 is 10.2 Å². The molecule has 0 radical (unpaired) electrons. The number of benzene rings is 1. The summed E-state index contributed by atoms with van der Waals surface area (Å²) in [5.41, 5.74) is 2.17. The molecule has 2 atom stereocenters. The second kappa shape index (κ2) is 4.93. The Morgan fingerprint density at radius 3 is 2.55 bits per heavy atom. The number of hydrogen-bond donors (Lipinski definition) is 1. The van der Waals surface area contributed by atoms with Gasteiger partial charge in [0, 0.05) is 5.69 Å². The van der Waals surface area contributed by atoms with E-state index in [9.17, 15) is 9.59 Å². The first kappa shape index (κ1) is 14.6. The van der Waals surface area contributed by atoms with Gasteiger partial charge in [0.05, 0.1) is 0 Å². The third-order valence-corrected chi connectivity index (χ3v) is 4.40. The van der Waals surface area contributed by atoms with Gasteiger partial charge in [-0.15, -0.1) is 0 Å². The van der Waals surface area contributed by atoms with Crippen LogP contribution in [-0.4, -0.2) is 23.4 Å². The summed E-state index contributed by atoms with van der Waals surface area (Å²) < 4.78 is 0. The molecule has 2 amide bonds. The molecule has 1 aromatic carbocycles. The minimum absolute atomic E-state index is 0.0409. The molecule has 0 saturated carbocycles. The van der Waals surface area contributed by atoms with E-state index >= 15 is 0 Å².